The molecule has 2 N–H and O–H groups in total. The second-order valence-electron chi connectivity index (χ2n) is 3.93. The molecule has 0 aliphatic rings. The van der Waals surface area contributed by atoms with Gasteiger partial charge in [-0.1, -0.05) is 12.2 Å². The van der Waals surface area contributed by atoms with E-state index in [1.54, 1.807) is 20.1 Å². The maximum Gasteiger partial charge on any atom is 0.327 e. The zero-order chi connectivity index (χ0) is 14.8. The molecule has 0 aliphatic heterocycles. The van der Waals surface area contributed by atoms with Crippen LogP contribution in [0.4, 0.5) is 0 Å². The van der Waals surface area contributed by atoms with E-state index in [1.165, 1.54) is 11.8 Å². The molecule has 0 spiro atoms. The maximum absolute atomic E-state index is 11.5. The van der Waals surface area contributed by atoms with Gasteiger partial charge in [-0.25, -0.2) is 4.79 Å². The van der Waals surface area contributed by atoms with Crippen LogP contribution >= 0.6 is 24.4 Å². The molecule has 0 fully saturated rings. The first-order valence-corrected chi connectivity index (χ1v) is 7.39. The Hall–Kier alpha value is -0.620. The first kappa shape index (κ1) is 19.7. The van der Waals surface area contributed by atoms with Crippen LogP contribution in [0.3, 0.4) is 0 Å². The average Bonchev–Trinajstić information content (AvgIpc) is 2.35. The van der Waals surface area contributed by atoms with E-state index in [9.17, 15) is 9.59 Å². The van der Waals surface area contributed by atoms with Gasteiger partial charge in [-0.3, -0.25) is 4.79 Å². The number of thioether (sulfide) groups is 1. The lowest BCUT2D eigenvalue weighted by Gasteiger charge is -2.23. The van der Waals surface area contributed by atoms with Crippen molar-refractivity contribution in [3.63, 3.8) is 0 Å². The summed E-state index contributed by atoms with van der Waals surface area (Å²) in [6.07, 6.45) is 5.80. The number of carbonyl (C=O) groups excluding carboxylic acids is 1. The van der Waals surface area contributed by atoms with Crippen molar-refractivity contribution >= 4 is 36.3 Å². The van der Waals surface area contributed by atoms with E-state index in [4.69, 9.17) is 5.11 Å². The molecule has 0 aromatic rings. The summed E-state index contributed by atoms with van der Waals surface area (Å²) >= 11 is 5.22. The van der Waals surface area contributed by atoms with Gasteiger partial charge >= 0.3 is 5.97 Å². The third kappa shape index (κ3) is 8.47. The van der Waals surface area contributed by atoms with Gasteiger partial charge in [-0.05, 0) is 34.0 Å². The van der Waals surface area contributed by atoms with Gasteiger partial charge in [0.2, 0.25) is 5.91 Å². The van der Waals surface area contributed by atoms with Gasteiger partial charge in [0.15, 0.2) is 0 Å². The molecule has 1 amide bonds. The van der Waals surface area contributed by atoms with E-state index in [2.05, 4.69) is 17.9 Å². The monoisotopic (exact) mass is 293 g/mol. The predicted octanol–water partition coefficient (Wildman–Crippen LogP) is 2.21. The lowest BCUT2D eigenvalue weighted by Crippen LogP contribution is -2.49. The number of carbonyl (C=O) groups is 2. The van der Waals surface area contributed by atoms with E-state index >= 15 is 0 Å². The van der Waals surface area contributed by atoms with E-state index in [1.807, 2.05) is 26.0 Å². The van der Waals surface area contributed by atoms with Gasteiger partial charge in [0.1, 0.15) is 6.04 Å². The van der Waals surface area contributed by atoms with Crippen LogP contribution in [0.15, 0.2) is 12.2 Å². The Morgan fingerprint density at radius 3 is 2.06 bits per heavy atom. The summed E-state index contributed by atoms with van der Waals surface area (Å²) < 4.78 is -0.614. The molecule has 0 rings (SSSR count). The summed E-state index contributed by atoms with van der Waals surface area (Å²) in [6, 6.07) is -0.919. The van der Waals surface area contributed by atoms with Crippen molar-refractivity contribution in [1.82, 2.24) is 5.32 Å². The fraction of sp³-hybridized carbons (Fsp3) is 0.667. The molecule has 0 aromatic heterocycles. The van der Waals surface area contributed by atoms with Crippen LogP contribution in [0.1, 0.15) is 27.7 Å². The number of hydrogen-bond acceptors (Lipinski definition) is 4. The van der Waals surface area contributed by atoms with Crippen molar-refractivity contribution in [3.8, 4) is 0 Å². The first-order chi connectivity index (χ1) is 8.26. The summed E-state index contributed by atoms with van der Waals surface area (Å²) in [4.78, 5) is 22.2. The van der Waals surface area contributed by atoms with E-state index < -0.39 is 16.8 Å². The van der Waals surface area contributed by atoms with Crippen molar-refractivity contribution in [2.45, 2.75) is 38.5 Å². The van der Waals surface area contributed by atoms with Crippen LogP contribution < -0.4 is 5.32 Å². The minimum Gasteiger partial charge on any atom is -0.480 e. The second kappa shape index (κ2) is 10.3. The van der Waals surface area contributed by atoms with Crippen molar-refractivity contribution < 1.29 is 14.7 Å². The van der Waals surface area contributed by atoms with E-state index in [0.29, 0.717) is 0 Å². The number of rotatable bonds is 5. The van der Waals surface area contributed by atoms with Gasteiger partial charge in [0.05, 0.1) is 4.75 Å². The second-order valence-corrected chi connectivity index (χ2v) is 5.72. The minimum atomic E-state index is -1.06. The summed E-state index contributed by atoms with van der Waals surface area (Å²) in [5.74, 6) is -1.26. The highest BCUT2D eigenvalue weighted by atomic mass is 32.2. The molecule has 106 valence electrons. The van der Waals surface area contributed by atoms with Gasteiger partial charge in [-0.2, -0.15) is 12.6 Å². The smallest absolute Gasteiger partial charge is 0.327 e. The molecule has 6 heteroatoms. The average molecular weight is 293 g/mol. The summed E-state index contributed by atoms with van der Waals surface area (Å²) in [5, 5.41) is 11.1. The van der Waals surface area contributed by atoms with Crippen LogP contribution in [0.25, 0.3) is 0 Å². The van der Waals surface area contributed by atoms with Crippen LogP contribution in [0.5, 0.6) is 0 Å². The molecular formula is C12H23NO3S2. The summed E-state index contributed by atoms with van der Waals surface area (Å²) in [6.45, 7) is 7.48. The SMILES string of the molecule is CC=CC.CSC(C)(C)C(=O)NC(CS)C(=O)O. The predicted molar refractivity (Wildman–Crippen MR) is 81.5 cm³/mol. The van der Waals surface area contributed by atoms with Gasteiger partial charge < -0.3 is 10.4 Å². The molecule has 1 atom stereocenters. The molecule has 0 aromatic carbocycles. The third-order valence-corrected chi connectivity index (χ3v) is 3.75. The standard InChI is InChI=1S/C8H15NO3S2.C4H8/c1-8(2,14-3)7(12)9-5(4-13)6(10)11;1-3-4-2/h5,13H,4H2,1-3H3,(H,9,12)(H,10,11);3-4H,1-2H3. The number of hydrogen-bond donors (Lipinski definition) is 3. The zero-order valence-corrected chi connectivity index (χ0v) is 13.3. The Bertz CT molecular complexity index is 287. The van der Waals surface area contributed by atoms with E-state index in [0.717, 1.165) is 0 Å². The molecule has 18 heavy (non-hydrogen) atoms. The maximum atomic E-state index is 11.5. The Morgan fingerprint density at radius 2 is 1.83 bits per heavy atom. The Morgan fingerprint density at radius 1 is 1.39 bits per heavy atom. The lowest BCUT2D eigenvalue weighted by atomic mass is 10.2. The number of thiol groups is 1. The number of allylic oxidation sites excluding steroid dienone is 2. The number of nitrogens with one attached hydrogen (secondary N) is 1. The Labute approximate surface area is 119 Å². The molecule has 0 saturated carbocycles. The fourth-order valence-electron chi connectivity index (χ4n) is 0.610. The molecular weight excluding hydrogens is 270 g/mol. The van der Waals surface area contributed by atoms with Crippen LogP contribution in [-0.2, 0) is 9.59 Å². The number of carboxylic acids is 1. The number of aliphatic carboxylic acids is 1. The van der Waals surface area contributed by atoms with Crippen LogP contribution in [0, 0.1) is 0 Å². The highest BCUT2D eigenvalue weighted by molar-refractivity contribution is 8.00. The molecule has 1 unspecified atom stereocenters. The lowest BCUT2D eigenvalue weighted by molar-refractivity contribution is -0.141. The van der Waals surface area contributed by atoms with Crippen molar-refractivity contribution in [2.75, 3.05) is 12.0 Å². The summed E-state index contributed by atoms with van der Waals surface area (Å²) in [5.41, 5.74) is 0. The highest BCUT2D eigenvalue weighted by Crippen LogP contribution is 2.21. The topological polar surface area (TPSA) is 66.4 Å². The molecule has 0 bridgehead atoms. The quantitative estimate of drug-likeness (QED) is 0.537. The Kier molecular flexibility index (Phi) is 11.3. The van der Waals surface area contributed by atoms with Gasteiger partial charge in [0, 0.05) is 5.75 Å². The van der Waals surface area contributed by atoms with Crippen molar-refractivity contribution in [3.05, 3.63) is 12.2 Å². The Balaban J connectivity index is 0. The fourth-order valence-corrected chi connectivity index (χ4v) is 1.10. The summed E-state index contributed by atoms with van der Waals surface area (Å²) in [7, 11) is 0. The molecule has 0 heterocycles. The molecule has 0 aliphatic carbocycles. The van der Waals surface area contributed by atoms with Gasteiger partial charge in [-0.15, -0.1) is 11.8 Å². The highest BCUT2D eigenvalue weighted by Gasteiger charge is 2.29. The first-order valence-electron chi connectivity index (χ1n) is 5.53. The van der Waals surface area contributed by atoms with Gasteiger partial charge in [0.25, 0.3) is 0 Å². The van der Waals surface area contributed by atoms with Crippen LogP contribution in [0.2, 0.25) is 0 Å². The molecule has 4 nitrogen and oxygen atoms in total. The molecule has 0 radical (unpaired) electrons. The van der Waals surface area contributed by atoms with Crippen molar-refractivity contribution in [1.29, 1.82) is 0 Å². The zero-order valence-electron chi connectivity index (χ0n) is 11.6. The van der Waals surface area contributed by atoms with Crippen molar-refractivity contribution in [2.24, 2.45) is 0 Å². The minimum absolute atomic E-state index is 0.0888. The van der Waals surface area contributed by atoms with E-state index in [-0.39, 0.29) is 11.7 Å². The third-order valence-electron chi connectivity index (χ3n) is 2.18. The normalized spacial score (nSPS) is 12.6. The largest absolute Gasteiger partial charge is 0.480 e. The van der Waals surface area contributed by atoms with Crippen LogP contribution in [-0.4, -0.2) is 39.8 Å². The number of amides is 1. The molecule has 0 saturated heterocycles. The number of carboxylic acid groups (broad SMARTS) is 1.